The molecule has 0 aliphatic heterocycles. The van der Waals surface area contributed by atoms with Crippen molar-refractivity contribution in [1.82, 2.24) is 0 Å². The van der Waals surface area contributed by atoms with Gasteiger partial charge in [0.2, 0.25) is 5.69 Å². The van der Waals surface area contributed by atoms with Crippen molar-refractivity contribution in [2.45, 2.75) is 40.5 Å². The summed E-state index contributed by atoms with van der Waals surface area (Å²) in [5.74, 6) is -0.907. The molecule has 0 saturated heterocycles. The highest BCUT2D eigenvalue weighted by Crippen LogP contribution is 2.44. The second-order valence-corrected chi connectivity index (χ2v) is 8.80. The maximum atomic E-state index is 9.17. The van der Waals surface area contributed by atoms with Crippen molar-refractivity contribution in [3.8, 4) is 22.4 Å². The Morgan fingerprint density at radius 2 is 1.59 bits per heavy atom. The van der Waals surface area contributed by atoms with Gasteiger partial charge in [-0.05, 0) is 36.4 Å². The topological polar surface area (TPSA) is 21.4 Å². The Morgan fingerprint density at radius 3 is 2.24 bits per heavy atom. The lowest BCUT2D eigenvalue weighted by molar-refractivity contribution is -0.667. The highest BCUT2D eigenvalue weighted by Gasteiger charge is 2.26. The quantitative estimate of drug-likeness (QED) is 0.199. The van der Waals surface area contributed by atoms with Gasteiger partial charge in [0.05, 0.1) is 20.4 Å². The summed E-state index contributed by atoms with van der Waals surface area (Å²) in [6.07, 6.45) is 0. The molecule has 5 rings (SSSR count). The van der Waals surface area contributed by atoms with Crippen LogP contribution >= 0.6 is 0 Å². The molecule has 0 atom stereocenters. The van der Waals surface area contributed by atoms with Crippen LogP contribution in [0.3, 0.4) is 0 Å². The molecule has 0 unspecified atom stereocenters. The Balaban J connectivity index is 1.97. The van der Waals surface area contributed by atoms with Crippen LogP contribution in [0.4, 0.5) is 5.69 Å². The SMILES string of the molecule is [2H]c1c([2H])c([2H])c(-c2c([N+]#[C-])ccc3c2oc2c(-c4c([2H])c(C)c(C([2H])(C)C)c(C)[n+]4C)c(C)ccc23)c([2H])c1[2H]. The summed E-state index contributed by atoms with van der Waals surface area (Å²) in [5, 5.41) is 1.34. The van der Waals surface area contributed by atoms with Crippen LogP contribution in [-0.2, 0) is 7.05 Å². The Labute approximate surface area is 210 Å². The molecule has 0 amide bonds. The number of nitrogens with zero attached hydrogens (tertiary/aromatic N) is 2. The highest BCUT2D eigenvalue weighted by molar-refractivity contribution is 6.15. The Morgan fingerprint density at radius 1 is 0.941 bits per heavy atom. The van der Waals surface area contributed by atoms with E-state index in [2.05, 4.69) is 4.85 Å². The summed E-state index contributed by atoms with van der Waals surface area (Å²) in [7, 11) is 1.87. The van der Waals surface area contributed by atoms with Crippen molar-refractivity contribution in [3.63, 3.8) is 0 Å². The summed E-state index contributed by atoms with van der Waals surface area (Å²) in [5.41, 5.74) is 5.37. The lowest BCUT2D eigenvalue weighted by atomic mass is 9.93. The number of hydrogen-bond acceptors (Lipinski definition) is 1. The first-order valence-corrected chi connectivity index (χ1v) is 11.1. The monoisotopic (exact) mass is 452 g/mol. The minimum atomic E-state index is -0.907. The second kappa shape index (κ2) is 8.15. The second-order valence-electron chi connectivity index (χ2n) is 8.80. The molecule has 0 saturated carbocycles. The molecule has 0 spiro atoms. The van der Waals surface area contributed by atoms with Crippen LogP contribution in [0.5, 0.6) is 0 Å². The van der Waals surface area contributed by atoms with Gasteiger partial charge in [-0.25, -0.2) is 4.85 Å². The highest BCUT2D eigenvalue weighted by atomic mass is 16.3. The molecule has 0 fully saturated rings. The molecule has 0 aliphatic carbocycles. The molecular weight excluding hydrogens is 416 g/mol. The first-order valence-electron chi connectivity index (χ1n) is 14.6. The van der Waals surface area contributed by atoms with Crippen molar-refractivity contribution < 1.29 is 18.6 Å². The molecule has 0 bridgehead atoms. The van der Waals surface area contributed by atoms with Crippen LogP contribution in [0.15, 0.2) is 64.9 Å². The summed E-state index contributed by atoms with van der Waals surface area (Å²) < 4.78 is 67.9. The third kappa shape index (κ3) is 3.22. The van der Waals surface area contributed by atoms with E-state index in [1.807, 2.05) is 58.4 Å². The molecule has 0 N–H and O–H groups in total. The van der Waals surface area contributed by atoms with Gasteiger partial charge in [-0.2, -0.15) is 4.57 Å². The third-order valence-corrected chi connectivity index (χ3v) is 6.48. The van der Waals surface area contributed by atoms with Gasteiger partial charge in [0, 0.05) is 36.2 Å². The molecule has 3 aromatic carbocycles. The van der Waals surface area contributed by atoms with Gasteiger partial charge in [0.15, 0.2) is 11.4 Å². The van der Waals surface area contributed by atoms with E-state index in [9.17, 15) is 0 Å². The van der Waals surface area contributed by atoms with E-state index < -0.39 is 36.1 Å². The molecule has 34 heavy (non-hydrogen) atoms. The van der Waals surface area contributed by atoms with Crippen LogP contribution in [0.2, 0.25) is 0 Å². The van der Waals surface area contributed by atoms with Crippen LogP contribution in [0, 0.1) is 27.3 Å². The maximum absolute atomic E-state index is 9.17. The van der Waals surface area contributed by atoms with Crippen LogP contribution in [0.1, 0.15) is 51.7 Å². The van der Waals surface area contributed by atoms with E-state index in [-0.39, 0.29) is 28.4 Å². The number of pyridine rings is 1. The molecular formula is C31H29N2O+. The van der Waals surface area contributed by atoms with Crippen molar-refractivity contribution >= 4 is 27.6 Å². The fourth-order valence-electron chi connectivity index (χ4n) is 4.89. The predicted octanol–water partition coefficient (Wildman–Crippen LogP) is 8.34. The van der Waals surface area contributed by atoms with Crippen molar-refractivity contribution in [3.05, 3.63) is 94.3 Å². The minimum absolute atomic E-state index is 0.0922. The summed E-state index contributed by atoms with van der Waals surface area (Å²) >= 11 is 0. The minimum Gasteiger partial charge on any atom is -0.456 e. The Bertz CT molecular complexity index is 1940. The van der Waals surface area contributed by atoms with E-state index in [0.717, 1.165) is 16.8 Å². The van der Waals surface area contributed by atoms with E-state index in [4.69, 9.17) is 20.6 Å². The number of furan rings is 1. The zero-order chi connectivity index (χ0) is 30.3. The number of aromatic nitrogens is 1. The largest absolute Gasteiger partial charge is 0.456 e. The summed E-state index contributed by atoms with van der Waals surface area (Å²) in [6, 6.07) is 5.12. The number of benzene rings is 3. The lowest BCUT2D eigenvalue weighted by Crippen LogP contribution is -2.37. The maximum Gasteiger partial charge on any atom is 0.216 e. The third-order valence-electron chi connectivity index (χ3n) is 6.48. The van der Waals surface area contributed by atoms with Gasteiger partial charge >= 0.3 is 0 Å². The molecule has 0 aliphatic rings. The van der Waals surface area contributed by atoms with Crippen molar-refractivity contribution in [1.29, 1.82) is 0 Å². The molecule has 2 aromatic heterocycles. The zero-order valence-corrected chi connectivity index (χ0v) is 20.1. The van der Waals surface area contributed by atoms with Gasteiger partial charge in [-0.3, -0.25) is 0 Å². The summed E-state index contributed by atoms with van der Waals surface area (Å²) in [6.45, 7) is 17.1. The lowest BCUT2D eigenvalue weighted by Gasteiger charge is -2.15. The van der Waals surface area contributed by atoms with Gasteiger partial charge < -0.3 is 4.42 Å². The molecule has 0 radical (unpaired) electrons. The van der Waals surface area contributed by atoms with Crippen LogP contribution < -0.4 is 4.57 Å². The number of rotatable bonds is 3. The smallest absolute Gasteiger partial charge is 0.216 e. The molecule has 2 heterocycles. The molecule has 3 nitrogen and oxygen atoms in total. The van der Waals surface area contributed by atoms with E-state index in [1.165, 1.54) is 0 Å². The van der Waals surface area contributed by atoms with Crippen LogP contribution in [-0.4, -0.2) is 0 Å². The van der Waals surface area contributed by atoms with Gasteiger partial charge in [0.25, 0.3) is 0 Å². The Hall–Kier alpha value is -3.90. The van der Waals surface area contributed by atoms with Gasteiger partial charge in [-0.15, -0.1) is 0 Å². The fraction of sp³-hybridized carbons (Fsp3) is 0.226. The summed E-state index contributed by atoms with van der Waals surface area (Å²) in [4.78, 5) is 3.62. The number of aryl methyl sites for hydroxylation is 1. The van der Waals surface area contributed by atoms with Crippen molar-refractivity contribution in [2.24, 2.45) is 7.05 Å². The number of fused-ring (bicyclic) bond motifs is 3. The Kier molecular flexibility index (Phi) is 3.62. The first kappa shape index (κ1) is 15.1. The zero-order valence-electron chi connectivity index (χ0n) is 27.1. The van der Waals surface area contributed by atoms with E-state index in [1.54, 1.807) is 12.1 Å². The van der Waals surface area contributed by atoms with E-state index in [0.29, 0.717) is 33.2 Å². The molecule has 5 aromatic rings. The normalized spacial score (nSPS) is 14.7. The predicted molar refractivity (Wildman–Crippen MR) is 140 cm³/mol. The van der Waals surface area contributed by atoms with Crippen LogP contribution in [0.25, 0.3) is 49.2 Å². The van der Waals surface area contributed by atoms with Gasteiger partial charge in [-0.1, -0.05) is 68.3 Å². The van der Waals surface area contributed by atoms with Crippen molar-refractivity contribution in [2.75, 3.05) is 0 Å². The van der Waals surface area contributed by atoms with Gasteiger partial charge in [0.1, 0.15) is 18.2 Å². The first-order chi connectivity index (χ1) is 19.1. The average Bonchev–Trinajstić information content (AvgIpc) is 3.29. The molecule has 3 heteroatoms. The van der Waals surface area contributed by atoms with E-state index >= 15 is 0 Å². The number of hydrogen-bond donors (Lipinski definition) is 0. The average molecular weight is 453 g/mol. The molecule has 168 valence electrons. The fourth-order valence-corrected chi connectivity index (χ4v) is 4.89. The standard InChI is InChI=1S/C31H29N2O/c1-18(2)27-20(4)17-26(33(7)21(27)5)28-19(3)13-14-23-24-15-16-25(32-6)29(31(24)34-30(23)28)22-11-9-8-10-12-22/h8-18H,1-5,7H3/q+1/i8D,9D,10D,11D,12D,17D,18D.